The molecule has 0 unspecified atom stereocenters. The van der Waals surface area contributed by atoms with Crippen LogP contribution in [0.5, 0.6) is 0 Å². The highest BCUT2D eigenvalue weighted by Crippen LogP contribution is 2.33. The number of amides is 2. The number of hydrogen-bond acceptors (Lipinski definition) is 8. The van der Waals surface area contributed by atoms with Crippen molar-refractivity contribution < 1.29 is 28.6 Å². The van der Waals surface area contributed by atoms with Crippen LogP contribution in [0.3, 0.4) is 0 Å². The van der Waals surface area contributed by atoms with Crippen molar-refractivity contribution in [2.24, 2.45) is 0 Å². The molecule has 2 amide bonds. The molecule has 1 aromatic carbocycles. The van der Waals surface area contributed by atoms with Gasteiger partial charge in [0.15, 0.2) is 5.69 Å². The van der Waals surface area contributed by atoms with Crippen molar-refractivity contribution in [3.63, 3.8) is 0 Å². The second-order valence-electron chi connectivity index (χ2n) is 11.4. The third-order valence-corrected chi connectivity index (χ3v) is 7.60. The van der Waals surface area contributed by atoms with E-state index in [4.69, 9.17) is 30.9 Å². The van der Waals surface area contributed by atoms with Crippen LogP contribution in [-0.4, -0.2) is 84.2 Å². The molecule has 2 aromatic rings. The van der Waals surface area contributed by atoms with Crippen molar-refractivity contribution in [1.82, 2.24) is 20.0 Å². The van der Waals surface area contributed by atoms with E-state index in [2.05, 4.69) is 10.2 Å². The minimum absolute atomic E-state index is 0.110. The summed E-state index contributed by atoms with van der Waals surface area (Å²) >= 11 is 6.57. The predicted octanol–water partition coefficient (Wildman–Crippen LogP) is 4.00. The highest BCUT2D eigenvalue weighted by Gasteiger charge is 2.39. The number of likely N-dealkylation sites (tertiary alicyclic amines) is 1. The summed E-state index contributed by atoms with van der Waals surface area (Å²) in [5.41, 5.74) is 1.17. The molecule has 0 bridgehead atoms. The Hall–Kier alpha value is -3.31. The van der Waals surface area contributed by atoms with Gasteiger partial charge in [0, 0.05) is 49.8 Å². The Bertz CT molecular complexity index is 1260. The van der Waals surface area contributed by atoms with Gasteiger partial charge in [0.05, 0.1) is 7.11 Å². The molecule has 0 saturated carbocycles. The van der Waals surface area contributed by atoms with Crippen molar-refractivity contribution in [2.45, 2.75) is 77.3 Å². The number of ether oxygens (including phenoxy) is 3. The maximum absolute atomic E-state index is 14.0. The van der Waals surface area contributed by atoms with Crippen LogP contribution in [0.15, 0.2) is 24.3 Å². The summed E-state index contributed by atoms with van der Waals surface area (Å²) in [5.74, 6) is -0.0525. The largest absolute Gasteiger partial charge is 0.467 e. The van der Waals surface area contributed by atoms with Gasteiger partial charge in [0.25, 0.3) is 5.91 Å². The monoisotopic (exact) mass is 589 g/mol. The average molecular weight is 590 g/mol. The molecule has 1 N–H and O–H groups in total. The van der Waals surface area contributed by atoms with Crippen LogP contribution >= 0.6 is 11.6 Å². The molecule has 2 aliphatic rings. The molecule has 0 radical (unpaired) electrons. The second-order valence-corrected chi connectivity index (χ2v) is 11.9. The Morgan fingerprint density at radius 2 is 1.83 bits per heavy atom. The standard InChI is InChI=1S/C29H40ClN5O6/c1-29(2,3)41-28(38)31-20-11-8-14-33(17-20)25-21(16-19-10-6-7-12-22(19)30)24(32-35(25)18-39-4)26(36)34-15-9-13-23(34)27(37)40-5/h6-7,10,12,20,23H,8-9,11,13-18H2,1-5H3,(H,31,38)/t20-,23+/m1/s1. The summed E-state index contributed by atoms with van der Waals surface area (Å²) in [6.45, 7) is 7.21. The zero-order chi connectivity index (χ0) is 29.7. The number of esters is 1. The van der Waals surface area contributed by atoms with E-state index < -0.39 is 23.7 Å². The first-order valence-electron chi connectivity index (χ1n) is 14.0. The van der Waals surface area contributed by atoms with Crippen molar-refractivity contribution in [3.8, 4) is 0 Å². The number of rotatable bonds is 8. The van der Waals surface area contributed by atoms with Crippen molar-refractivity contribution in [2.75, 3.05) is 38.8 Å². The molecule has 41 heavy (non-hydrogen) atoms. The lowest BCUT2D eigenvalue weighted by Gasteiger charge is -2.35. The molecule has 224 valence electrons. The van der Waals surface area contributed by atoms with E-state index >= 15 is 0 Å². The SMILES string of the molecule is COCn1nc(C(=O)N2CCC[C@H]2C(=O)OC)c(Cc2ccccc2Cl)c1N1CCC[C@@H](NC(=O)OC(C)(C)C)C1. The second kappa shape index (κ2) is 13.1. The fourth-order valence-electron chi connectivity index (χ4n) is 5.51. The van der Waals surface area contributed by atoms with Crippen LogP contribution in [-0.2, 0) is 32.2 Å². The molecule has 12 heteroatoms. The first-order valence-corrected chi connectivity index (χ1v) is 14.4. The Morgan fingerprint density at radius 3 is 2.51 bits per heavy atom. The summed E-state index contributed by atoms with van der Waals surface area (Å²) < 4.78 is 17.6. The van der Waals surface area contributed by atoms with Gasteiger partial charge in [-0.3, -0.25) is 4.79 Å². The topological polar surface area (TPSA) is 115 Å². The minimum Gasteiger partial charge on any atom is -0.467 e. The number of halogens is 1. The predicted molar refractivity (Wildman–Crippen MR) is 154 cm³/mol. The third-order valence-electron chi connectivity index (χ3n) is 7.23. The average Bonchev–Trinajstić information content (AvgIpc) is 3.54. The number of anilines is 1. The molecule has 3 heterocycles. The Balaban J connectivity index is 1.73. The van der Waals surface area contributed by atoms with Crippen LogP contribution in [0.25, 0.3) is 0 Å². The van der Waals surface area contributed by atoms with Gasteiger partial charge in [-0.15, -0.1) is 0 Å². The number of benzene rings is 1. The van der Waals surface area contributed by atoms with E-state index in [1.54, 1.807) is 16.7 Å². The number of carbonyl (C=O) groups excluding carboxylic acids is 3. The van der Waals surface area contributed by atoms with E-state index in [-0.39, 0.29) is 24.4 Å². The molecular formula is C29H40ClN5O6. The highest BCUT2D eigenvalue weighted by molar-refractivity contribution is 6.31. The molecule has 2 fully saturated rings. The Kier molecular flexibility index (Phi) is 9.80. The molecule has 0 aliphatic carbocycles. The van der Waals surface area contributed by atoms with Gasteiger partial charge in [-0.05, 0) is 58.1 Å². The number of methoxy groups -OCH3 is 2. The number of nitrogens with one attached hydrogen (secondary N) is 1. The lowest BCUT2D eigenvalue weighted by Crippen LogP contribution is -2.49. The maximum atomic E-state index is 14.0. The first kappa shape index (κ1) is 30.6. The molecule has 1 aromatic heterocycles. The van der Waals surface area contributed by atoms with Gasteiger partial charge in [0.2, 0.25) is 0 Å². The number of nitrogens with zero attached hydrogens (tertiary/aromatic N) is 4. The van der Waals surface area contributed by atoms with Gasteiger partial charge < -0.3 is 29.3 Å². The van der Waals surface area contributed by atoms with Gasteiger partial charge in [0.1, 0.15) is 24.2 Å². The molecule has 2 aliphatic heterocycles. The molecule has 11 nitrogen and oxygen atoms in total. The van der Waals surface area contributed by atoms with E-state index in [1.165, 1.54) is 7.11 Å². The van der Waals surface area contributed by atoms with Gasteiger partial charge in [-0.25, -0.2) is 14.3 Å². The van der Waals surface area contributed by atoms with E-state index in [1.807, 2.05) is 45.0 Å². The zero-order valence-corrected chi connectivity index (χ0v) is 25.2. The smallest absolute Gasteiger partial charge is 0.407 e. The molecule has 2 saturated heterocycles. The van der Waals surface area contributed by atoms with Gasteiger partial charge >= 0.3 is 12.1 Å². The Morgan fingerprint density at radius 1 is 1.10 bits per heavy atom. The van der Waals surface area contributed by atoms with Crippen LogP contribution in [0.2, 0.25) is 5.02 Å². The van der Waals surface area contributed by atoms with Crippen LogP contribution < -0.4 is 10.2 Å². The zero-order valence-electron chi connectivity index (χ0n) is 24.4. The number of alkyl carbamates (subject to hydrolysis) is 1. The van der Waals surface area contributed by atoms with Gasteiger partial charge in [-0.1, -0.05) is 29.8 Å². The number of piperidine rings is 1. The Labute approximate surface area is 246 Å². The summed E-state index contributed by atoms with van der Waals surface area (Å²) in [6, 6.07) is 6.66. The van der Waals surface area contributed by atoms with E-state index in [0.717, 1.165) is 24.2 Å². The van der Waals surface area contributed by atoms with E-state index in [9.17, 15) is 14.4 Å². The van der Waals surface area contributed by atoms with E-state index in [0.29, 0.717) is 49.5 Å². The summed E-state index contributed by atoms with van der Waals surface area (Å²) in [5, 5.41) is 8.32. The quantitative estimate of drug-likeness (QED) is 0.460. The third kappa shape index (κ3) is 7.32. The number of hydrogen-bond donors (Lipinski definition) is 1. The minimum atomic E-state index is -0.658. The summed E-state index contributed by atoms with van der Waals surface area (Å²) in [4.78, 5) is 42.7. The fraction of sp³-hybridized carbons (Fsp3) is 0.586. The lowest BCUT2D eigenvalue weighted by atomic mass is 10.0. The van der Waals surface area contributed by atoms with Crippen molar-refractivity contribution in [3.05, 3.63) is 46.1 Å². The summed E-state index contributed by atoms with van der Waals surface area (Å²) in [7, 11) is 2.90. The van der Waals surface area contributed by atoms with Crippen molar-refractivity contribution >= 4 is 35.4 Å². The van der Waals surface area contributed by atoms with Gasteiger partial charge in [-0.2, -0.15) is 5.10 Å². The number of carbonyl (C=O) groups is 3. The number of aromatic nitrogens is 2. The fourth-order valence-corrected chi connectivity index (χ4v) is 5.71. The molecule has 4 rings (SSSR count). The lowest BCUT2D eigenvalue weighted by molar-refractivity contribution is -0.145. The first-order chi connectivity index (χ1) is 19.5. The van der Waals surface area contributed by atoms with Crippen LogP contribution in [0, 0.1) is 0 Å². The summed E-state index contributed by atoms with van der Waals surface area (Å²) in [6.07, 6.45) is 2.70. The maximum Gasteiger partial charge on any atom is 0.407 e. The molecular weight excluding hydrogens is 550 g/mol. The normalized spacial score (nSPS) is 19.3. The molecule has 2 atom stereocenters. The molecule has 0 spiro atoms. The highest BCUT2D eigenvalue weighted by atomic mass is 35.5. The van der Waals surface area contributed by atoms with Crippen LogP contribution in [0.4, 0.5) is 10.6 Å². The van der Waals surface area contributed by atoms with Crippen molar-refractivity contribution in [1.29, 1.82) is 0 Å². The van der Waals surface area contributed by atoms with Crippen LogP contribution in [0.1, 0.15) is 68.1 Å².